The van der Waals surface area contributed by atoms with Gasteiger partial charge in [0.05, 0.1) is 18.8 Å². The van der Waals surface area contributed by atoms with E-state index in [2.05, 4.69) is 14.2 Å². The second-order valence-corrected chi connectivity index (χ2v) is 2.87. The van der Waals surface area contributed by atoms with Crippen LogP contribution in [-0.2, 0) is 28.6 Å². The third kappa shape index (κ3) is 2.39. The summed E-state index contributed by atoms with van der Waals surface area (Å²) in [4.78, 5) is 33.9. The molecule has 0 N–H and O–H groups in total. The Morgan fingerprint density at radius 1 is 1.19 bits per heavy atom. The summed E-state index contributed by atoms with van der Waals surface area (Å²) in [7, 11) is 0. The van der Waals surface area contributed by atoms with Crippen molar-refractivity contribution >= 4 is 17.9 Å². The monoisotopic (exact) mass is 228 g/mol. The molecule has 0 atom stereocenters. The van der Waals surface area contributed by atoms with Gasteiger partial charge in [0.15, 0.2) is 5.57 Å². The quantitative estimate of drug-likeness (QED) is 0.221. The fraction of sp³-hybridized carbons (Fsp3) is 0.500. The smallest absolute Gasteiger partial charge is 0.346 e. The number of hydrogen-bond donors (Lipinski definition) is 0. The molecule has 0 aromatic rings. The molecule has 0 amide bonds. The van der Waals surface area contributed by atoms with Gasteiger partial charge in [-0.25, -0.2) is 14.4 Å². The zero-order chi connectivity index (χ0) is 12.1. The van der Waals surface area contributed by atoms with Crippen LogP contribution in [0.2, 0.25) is 0 Å². The van der Waals surface area contributed by atoms with Gasteiger partial charge in [-0.3, -0.25) is 0 Å². The minimum atomic E-state index is -0.854. The number of cyclic esters (lactones) is 1. The van der Waals surface area contributed by atoms with E-state index >= 15 is 0 Å². The number of esters is 3. The van der Waals surface area contributed by atoms with Gasteiger partial charge in [-0.1, -0.05) is 0 Å². The van der Waals surface area contributed by atoms with E-state index < -0.39 is 17.9 Å². The first-order chi connectivity index (χ1) is 7.61. The molecule has 1 heterocycles. The van der Waals surface area contributed by atoms with Crippen LogP contribution in [0.3, 0.4) is 0 Å². The van der Waals surface area contributed by atoms with E-state index in [1.54, 1.807) is 13.8 Å². The Morgan fingerprint density at radius 2 is 1.69 bits per heavy atom. The molecule has 1 saturated heterocycles. The maximum Gasteiger partial charge on any atom is 0.346 e. The molecule has 0 unspecified atom stereocenters. The van der Waals surface area contributed by atoms with Crippen LogP contribution in [0.5, 0.6) is 0 Å². The van der Waals surface area contributed by atoms with Gasteiger partial charge in [-0.2, -0.15) is 0 Å². The molecule has 1 aliphatic heterocycles. The summed E-state index contributed by atoms with van der Waals surface area (Å²) in [6.45, 7) is 3.37. The van der Waals surface area contributed by atoms with Gasteiger partial charge < -0.3 is 14.2 Å². The summed E-state index contributed by atoms with van der Waals surface area (Å²) in [5, 5.41) is 0. The van der Waals surface area contributed by atoms with Gasteiger partial charge in [-0.15, -0.1) is 0 Å². The van der Waals surface area contributed by atoms with E-state index in [0.717, 1.165) is 0 Å². The molecule has 0 spiro atoms. The van der Waals surface area contributed by atoms with Crippen molar-refractivity contribution in [1.29, 1.82) is 0 Å². The van der Waals surface area contributed by atoms with Crippen molar-refractivity contribution in [3.63, 3.8) is 0 Å². The molecule has 1 aliphatic rings. The summed E-state index contributed by atoms with van der Waals surface area (Å²) < 4.78 is 13.8. The maximum absolute atomic E-state index is 11.5. The normalized spacial score (nSPS) is 13.6. The predicted octanol–water partition coefficient (Wildman–Crippen LogP) is -0.0340. The second kappa shape index (κ2) is 5.29. The standard InChI is InChI=1S/C10H12O6/c1-3-14-9(12)7(10(13)15-4-2)6-5-16-8(6)11/h3-5H2,1-2H3. The Morgan fingerprint density at radius 3 is 1.94 bits per heavy atom. The van der Waals surface area contributed by atoms with Crippen LogP contribution in [0.25, 0.3) is 0 Å². The molecular weight excluding hydrogens is 216 g/mol. The fourth-order valence-electron chi connectivity index (χ4n) is 1.11. The average Bonchev–Trinajstić information content (AvgIpc) is 2.23. The van der Waals surface area contributed by atoms with Crippen molar-refractivity contribution in [2.45, 2.75) is 13.8 Å². The highest BCUT2D eigenvalue weighted by molar-refractivity contribution is 6.20. The van der Waals surface area contributed by atoms with Crippen molar-refractivity contribution < 1.29 is 28.6 Å². The molecule has 6 heteroatoms. The maximum atomic E-state index is 11.5. The van der Waals surface area contributed by atoms with Crippen LogP contribution >= 0.6 is 0 Å². The van der Waals surface area contributed by atoms with Crippen molar-refractivity contribution in [3.8, 4) is 0 Å². The largest absolute Gasteiger partial charge is 0.462 e. The number of carbonyl (C=O) groups is 3. The Balaban J connectivity index is 2.94. The van der Waals surface area contributed by atoms with Crippen LogP contribution < -0.4 is 0 Å². The van der Waals surface area contributed by atoms with Gasteiger partial charge in [0.1, 0.15) is 6.61 Å². The minimum Gasteiger partial charge on any atom is -0.462 e. The molecule has 6 nitrogen and oxygen atoms in total. The average molecular weight is 228 g/mol. The van der Waals surface area contributed by atoms with Gasteiger partial charge in [0.2, 0.25) is 0 Å². The molecule has 1 fully saturated rings. The molecule has 16 heavy (non-hydrogen) atoms. The van der Waals surface area contributed by atoms with E-state index in [9.17, 15) is 14.4 Å². The Kier molecular flexibility index (Phi) is 4.04. The molecule has 88 valence electrons. The lowest BCUT2D eigenvalue weighted by Gasteiger charge is -2.19. The third-order valence-corrected chi connectivity index (χ3v) is 1.85. The summed E-state index contributed by atoms with van der Waals surface area (Å²) in [5.74, 6) is -2.39. The molecule has 1 rings (SSSR count). The highest BCUT2D eigenvalue weighted by Gasteiger charge is 2.35. The van der Waals surface area contributed by atoms with Crippen LogP contribution in [0, 0.1) is 0 Å². The summed E-state index contributed by atoms with van der Waals surface area (Å²) in [5.41, 5.74) is -0.350. The van der Waals surface area contributed by atoms with E-state index in [-0.39, 0.29) is 31.0 Å². The van der Waals surface area contributed by atoms with E-state index in [0.29, 0.717) is 0 Å². The number of ether oxygens (including phenoxy) is 3. The SMILES string of the molecule is CCOC(=O)C(C(=O)OCC)=C1COC1=O. The van der Waals surface area contributed by atoms with Crippen LogP contribution in [0.4, 0.5) is 0 Å². The number of carbonyl (C=O) groups excluding carboxylic acids is 3. The Labute approximate surface area is 92.2 Å². The number of rotatable bonds is 4. The summed E-state index contributed by atoms with van der Waals surface area (Å²) in [6, 6.07) is 0. The van der Waals surface area contributed by atoms with Gasteiger partial charge >= 0.3 is 17.9 Å². The zero-order valence-corrected chi connectivity index (χ0v) is 9.07. The van der Waals surface area contributed by atoms with E-state index in [1.165, 1.54) is 0 Å². The fourth-order valence-corrected chi connectivity index (χ4v) is 1.11. The zero-order valence-electron chi connectivity index (χ0n) is 9.07. The Bertz CT molecular complexity index is 334. The molecular formula is C10H12O6. The van der Waals surface area contributed by atoms with Crippen molar-refractivity contribution in [1.82, 2.24) is 0 Å². The lowest BCUT2D eigenvalue weighted by Crippen LogP contribution is -2.32. The highest BCUT2D eigenvalue weighted by Crippen LogP contribution is 2.18. The molecule has 0 aliphatic carbocycles. The van der Waals surface area contributed by atoms with Gasteiger partial charge in [0.25, 0.3) is 0 Å². The van der Waals surface area contributed by atoms with Crippen molar-refractivity contribution in [2.75, 3.05) is 19.8 Å². The van der Waals surface area contributed by atoms with Crippen molar-refractivity contribution in [2.24, 2.45) is 0 Å². The lowest BCUT2D eigenvalue weighted by atomic mass is 10.1. The molecule has 0 radical (unpaired) electrons. The predicted molar refractivity (Wildman–Crippen MR) is 51.3 cm³/mol. The third-order valence-electron chi connectivity index (χ3n) is 1.85. The lowest BCUT2D eigenvalue weighted by molar-refractivity contribution is -0.153. The molecule has 0 aromatic heterocycles. The molecule has 0 saturated carbocycles. The highest BCUT2D eigenvalue weighted by atomic mass is 16.6. The Hall–Kier alpha value is -1.85. The van der Waals surface area contributed by atoms with Crippen molar-refractivity contribution in [3.05, 3.63) is 11.1 Å². The van der Waals surface area contributed by atoms with E-state index in [1.807, 2.05) is 0 Å². The first-order valence-electron chi connectivity index (χ1n) is 4.86. The first-order valence-corrected chi connectivity index (χ1v) is 4.86. The molecule has 0 aromatic carbocycles. The van der Waals surface area contributed by atoms with Gasteiger partial charge in [0, 0.05) is 0 Å². The minimum absolute atomic E-state index is 0.0110. The van der Waals surface area contributed by atoms with E-state index in [4.69, 9.17) is 0 Å². The van der Waals surface area contributed by atoms with Gasteiger partial charge in [-0.05, 0) is 13.8 Å². The van der Waals surface area contributed by atoms with Crippen LogP contribution in [0.15, 0.2) is 11.1 Å². The second-order valence-electron chi connectivity index (χ2n) is 2.87. The molecule has 0 bridgehead atoms. The van der Waals surface area contributed by atoms with Crippen LogP contribution in [-0.4, -0.2) is 37.7 Å². The number of hydrogen-bond acceptors (Lipinski definition) is 6. The summed E-state index contributed by atoms with van der Waals surface area (Å²) in [6.07, 6.45) is 0. The summed E-state index contributed by atoms with van der Waals surface area (Å²) >= 11 is 0. The first kappa shape index (κ1) is 12.2. The topological polar surface area (TPSA) is 78.9 Å². The van der Waals surface area contributed by atoms with Crippen LogP contribution in [0.1, 0.15) is 13.8 Å².